The number of rotatable bonds is 5. The van der Waals surface area contributed by atoms with Crippen LogP contribution in [0.3, 0.4) is 0 Å². The van der Waals surface area contributed by atoms with Gasteiger partial charge in [-0.05, 0) is 36.8 Å². The monoisotopic (exact) mass is 399 g/mol. The first kappa shape index (κ1) is 20.9. The van der Waals surface area contributed by atoms with Crippen molar-refractivity contribution in [2.75, 3.05) is 19.7 Å². The Morgan fingerprint density at radius 3 is 2.45 bits per heavy atom. The van der Waals surface area contributed by atoms with Crippen molar-refractivity contribution < 1.29 is 19.4 Å². The van der Waals surface area contributed by atoms with Gasteiger partial charge in [0.25, 0.3) is 5.91 Å². The Hall–Kier alpha value is -2.83. The van der Waals surface area contributed by atoms with Gasteiger partial charge in [-0.15, -0.1) is 0 Å². The summed E-state index contributed by atoms with van der Waals surface area (Å²) < 4.78 is 7.64. The van der Waals surface area contributed by atoms with E-state index in [9.17, 15) is 14.7 Å². The van der Waals surface area contributed by atoms with Gasteiger partial charge in [0.15, 0.2) is 6.61 Å². The molecule has 2 aromatic rings. The molecule has 2 heterocycles. The molecule has 0 unspecified atom stereocenters. The highest BCUT2D eigenvalue weighted by Gasteiger charge is 2.27. The minimum atomic E-state index is -0.964. The van der Waals surface area contributed by atoms with E-state index in [2.05, 4.69) is 25.9 Å². The lowest BCUT2D eigenvalue weighted by molar-refractivity contribution is -0.134. The number of amides is 1. The largest absolute Gasteiger partial charge is 0.483 e. The van der Waals surface area contributed by atoms with E-state index in [-0.39, 0.29) is 29.5 Å². The van der Waals surface area contributed by atoms with Crippen LogP contribution in [0.1, 0.15) is 61.3 Å². The summed E-state index contributed by atoms with van der Waals surface area (Å²) in [6.45, 7) is 9.36. The molecule has 0 aliphatic carbocycles. The van der Waals surface area contributed by atoms with E-state index < -0.39 is 5.97 Å². The van der Waals surface area contributed by atoms with E-state index in [1.54, 1.807) is 11.6 Å². The SMILES string of the molecule is Cc1c(C(=O)O)cnn1C1CCN(C(=O)COc2ccccc2C(C)(C)C)CC1. The summed E-state index contributed by atoms with van der Waals surface area (Å²) in [7, 11) is 0. The third kappa shape index (κ3) is 4.60. The molecule has 29 heavy (non-hydrogen) atoms. The molecule has 1 fully saturated rings. The molecule has 7 heteroatoms. The average molecular weight is 399 g/mol. The average Bonchev–Trinajstić information content (AvgIpc) is 3.07. The van der Waals surface area contributed by atoms with Gasteiger partial charge in [-0.25, -0.2) is 4.79 Å². The summed E-state index contributed by atoms with van der Waals surface area (Å²) in [6.07, 6.45) is 2.88. The molecule has 1 N–H and O–H groups in total. The van der Waals surface area contributed by atoms with Crippen LogP contribution >= 0.6 is 0 Å². The van der Waals surface area contributed by atoms with Crippen molar-refractivity contribution in [1.82, 2.24) is 14.7 Å². The number of hydrogen-bond acceptors (Lipinski definition) is 4. The van der Waals surface area contributed by atoms with Crippen LogP contribution < -0.4 is 4.74 Å². The number of carboxylic acids is 1. The number of likely N-dealkylation sites (tertiary alicyclic amines) is 1. The lowest BCUT2D eigenvalue weighted by atomic mass is 9.86. The lowest BCUT2D eigenvalue weighted by Crippen LogP contribution is -2.41. The van der Waals surface area contributed by atoms with Crippen molar-refractivity contribution in [1.29, 1.82) is 0 Å². The number of carboxylic acid groups (broad SMARTS) is 1. The number of carbonyl (C=O) groups is 2. The number of aromatic nitrogens is 2. The number of ether oxygens (including phenoxy) is 1. The van der Waals surface area contributed by atoms with E-state index in [0.717, 1.165) is 24.2 Å². The Bertz CT molecular complexity index is 890. The van der Waals surface area contributed by atoms with Crippen molar-refractivity contribution in [3.63, 3.8) is 0 Å². The fraction of sp³-hybridized carbons (Fsp3) is 0.500. The normalized spacial score (nSPS) is 15.4. The number of para-hydroxylation sites is 1. The Morgan fingerprint density at radius 2 is 1.86 bits per heavy atom. The first-order valence-corrected chi connectivity index (χ1v) is 9.96. The summed E-state index contributed by atoms with van der Waals surface area (Å²) in [6, 6.07) is 7.93. The van der Waals surface area contributed by atoms with Crippen molar-refractivity contribution in [2.24, 2.45) is 0 Å². The molecule has 3 rings (SSSR count). The molecule has 0 bridgehead atoms. The molecule has 1 aromatic carbocycles. The molecule has 1 aliphatic rings. The number of hydrogen-bond donors (Lipinski definition) is 1. The summed E-state index contributed by atoms with van der Waals surface area (Å²) in [5, 5.41) is 13.4. The second kappa shape index (κ2) is 8.27. The quantitative estimate of drug-likeness (QED) is 0.833. The van der Waals surface area contributed by atoms with Crippen LogP contribution in [-0.2, 0) is 10.2 Å². The van der Waals surface area contributed by atoms with Crippen LogP contribution in [0.25, 0.3) is 0 Å². The Balaban J connectivity index is 1.57. The smallest absolute Gasteiger partial charge is 0.339 e. The molecule has 0 radical (unpaired) electrons. The first-order chi connectivity index (χ1) is 13.7. The number of benzene rings is 1. The molecule has 1 amide bonds. The van der Waals surface area contributed by atoms with Gasteiger partial charge in [0, 0.05) is 13.1 Å². The van der Waals surface area contributed by atoms with Crippen molar-refractivity contribution in [2.45, 2.75) is 52.0 Å². The van der Waals surface area contributed by atoms with Gasteiger partial charge in [-0.3, -0.25) is 9.48 Å². The molecule has 0 atom stereocenters. The highest BCUT2D eigenvalue weighted by atomic mass is 16.5. The fourth-order valence-corrected chi connectivity index (χ4v) is 3.80. The number of nitrogens with zero attached hydrogens (tertiary/aromatic N) is 3. The Kier molecular flexibility index (Phi) is 5.96. The van der Waals surface area contributed by atoms with E-state index in [1.807, 2.05) is 29.2 Å². The van der Waals surface area contributed by atoms with E-state index >= 15 is 0 Å². The van der Waals surface area contributed by atoms with Gasteiger partial charge in [0.1, 0.15) is 11.3 Å². The Morgan fingerprint density at radius 1 is 1.21 bits per heavy atom. The molecule has 1 saturated heterocycles. The van der Waals surface area contributed by atoms with Crippen LogP contribution in [0.4, 0.5) is 0 Å². The maximum atomic E-state index is 12.6. The number of piperidine rings is 1. The maximum Gasteiger partial charge on any atom is 0.339 e. The minimum Gasteiger partial charge on any atom is -0.483 e. The highest BCUT2D eigenvalue weighted by Crippen LogP contribution is 2.31. The second-order valence-corrected chi connectivity index (χ2v) is 8.54. The Labute approximate surface area is 171 Å². The zero-order valence-corrected chi connectivity index (χ0v) is 17.5. The molecular formula is C22H29N3O4. The molecular weight excluding hydrogens is 370 g/mol. The topological polar surface area (TPSA) is 84.7 Å². The van der Waals surface area contributed by atoms with Gasteiger partial charge < -0.3 is 14.7 Å². The lowest BCUT2D eigenvalue weighted by Gasteiger charge is -2.32. The fourth-order valence-electron chi connectivity index (χ4n) is 3.80. The van der Waals surface area contributed by atoms with Gasteiger partial charge in [0.05, 0.1) is 17.9 Å². The number of aromatic carboxylic acids is 1. The third-order valence-electron chi connectivity index (χ3n) is 5.48. The van der Waals surface area contributed by atoms with Gasteiger partial charge in [0.2, 0.25) is 0 Å². The van der Waals surface area contributed by atoms with Crippen LogP contribution in [0.2, 0.25) is 0 Å². The van der Waals surface area contributed by atoms with Crippen LogP contribution in [-0.4, -0.2) is 51.4 Å². The first-order valence-electron chi connectivity index (χ1n) is 9.96. The predicted molar refractivity (Wildman–Crippen MR) is 109 cm³/mol. The maximum absolute atomic E-state index is 12.6. The van der Waals surface area contributed by atoms with Gasteiger partial charge >= 0.3 is 5.97 Å². The summed E-state index contributed by atoms with van der Waals surface area (Å²) in [4.78, 5) is 25.7. The van der Waals surface area contributed by atoms with Crippen LogP contribution in [0.15, 0.2) is 30.5 Å². The molecule has 156 valence electrons. The summed E-state index contributed by atoms with van der Waals surface area (Å²) >= 11 is 0. The molecule has 1 aliphatic heterocycles. The highest BCUT2D eigenvalue weighted by molar-refractivity contribution is 5.88. The zero-order valence-electron chi connectivity index (χ0n) is 17.5. The van der Waals surface area contributed by atoms with Gasteiger partial charge in [-0.2, -0.15) is 5.10 Å². The van der Waals surface area contributed by atoms with Crippen LogP contribution in [0, 0.1) is 6.92 Å². The van der Waals surface area contributed by atoms with E-state index in [0.29, 0.717) is 18.8 Å². The standard InChI is InChI=1S/C22H29N3O4/c1-15-17(21(27)28)13-23-25(15)16-9-11-24(12-10-16)20(26)14-29-19-8-6-5-7-18(19)22(2,3)4/h5-8,13,16H,9-12,14H2,1-4H3,(H,27,28). The third-order valence-corrected chi connectivity index (χ3v) is 5.48. The summed E-state index contributed by atoms with van der Waals surface area (Å²) in [5.41, 5.74) is 1.91. The zero-order chi connectivity index (χ0) is 21.2. The van der Waals surface area contributed by atoms with E-state index in [4.69, 9.17) is 4.74 Å². The van der Waals surface area contributed by atoms with Crippen molar-refractivity contribution in [3.05, 3.63) is 47.3 Å². The van der Waals surface area contributed by atoms with Crippen molar-refractivity contribution in [3.8, 4) is 5.75 Å². The second-order valence-electron chi connectivity index (χ2n) is 8.54. The molecule has 0 spiro atoms. The molecule has 0 saturated carbocycles. The van der Waals surface area contributed by atoms with Crippen LogP contribution in [0.5, 0.6) is 5.75 Å². The van der Waals surface area contributed by atoms with E-state index in [1.165, 1.54) is 6.20 Å². The van der Waals surface area contributed by atoms with Crippen molar-refractivity contribution >= 4 is 11.9 Å². The predicted octanol–water partition coefficient (Wildman–Crippen LogP) is 3.43. The minimum absolute atomic E-state index is 0.0156. The number of carbonyl (C=O) groups excluding carboxylic acids is 1. The molecule has 7 nitrogen and oxygen atoms in total. The molecule has 1 aromatic heterocycles. The van der Waals surface area contributed by atoms with Gasteiger partial charge in [-0.1, -0.05) is 39.0 Å². The summed E-state index contributed by atoms with van der Waals surface area (Å²) in [5.74, 6) is -0.249.